The van der Waals surface area contributed by atoms with Gasteiger partial charge in [-0.05, 0) is 147 Å². The van der Waals surface area contributed by atoms with E-state index in [2.05, 4.69) is 180 Å². The van der Waals surface area contributed by atoms with Crippen molar-refractivity contribution in [3.05, 3.63) is 42.1 Å². The second kappa shape index (κ2) is 19.7. The Hall–Kier alpha value is -1.23. The van der Waals surface area contributed by atoms with Crippen molar-refractivity contribution < 1.29 is 17.7 Å². The van der Waals surface area contributed by atoms with Gasteiger partial charge in [0, 0.05) is 30.5 Å². The fourth-order valence-electron chi connectivity index (χ4n) is 7.09. The molecular formula is C49H92N4O4Si4. The first-order valence-corrected chi connectivity index (χ1v) is 35.5. The highest BCUT2D eigenvalue weighted by Gasteiger charge is 2.55. The molecule has 1 aromatic heterocycles. The highest BCUT2D eigenvalue weighted by molar-refractivity contribution is 6.75. The molecule has 1 saturated carbocycles. The number of nitrogens with one attached hydrogen (secondary N) is 1. The number of hydrogen-bond acceptors (Lipinski definition) is 8. The lowest BCUT2D eigenvalue weighted by Gasteiger charge is -2.56. The molecule has 2 fully saturated rings. The van der Waals surface area contributed by atoms with Crippen molar-refractivity contribution in [2.75, 3.05) is 31.6 Å². The largest absolute Gasteiger partial charge is 0.415 e. The summed E-state index contributed by atoms with van der Waals surface area (Å²) < 4.78 is 30.2. The van der Waals surface area contributed by atoms with Crippen molar-refractivity contribution in [1.82, 2.24) is 15.1 Å². The zero-order chi connectivity index (χ0) is 46.0. The van der Waals surface area contributed by atoms with E-state index in [1.54, 1.807) is 6.20 Å². The van der Waals surface area contributed by atoms with Crippen LogP contribution in [-0.2, 0) is 17.7 Å². The van der Waals surface area contributed by atoms with Gasteiger partial charge < -0.3 is 23.0 Å². The van der Waals surface area contributed by atoms with Crippen LogP contribution in [0.4, 0.5) is 5.69 Å². The number of hydrogen-bond donors (Lipinski definition) is 1. The third-order valence-corrected chi connectivity index (χ3v) is 33.6. The van der Waals surface area contributed by atoms with E-state index in [1.165, 1.54) is 36.9 Å². The minimum Gasteiger partial charge on any atom is -0.415 e. The smallest absolute Gasteiger partial charge is 0.192 e. The molecule has 3 unspecified atom stereocenters. The number of nitrogens with zero attached hydrogens (tertiary/aromatic N) is 3. The van der Waals surface area contributed by atoms with Crippen LogP contribution in [0.15, 0.2) is 36.5 Å². The number of piperidine rings is 1. The molecule has 1 aliphatic heterocycles. The lowest BCUT2D eigenvalue weighted by Crippen LogP contribution is -2.70. The van der Waals surface area contributed by atoms with Gasteiger partial charge in [-0.25, -0.2) is 0 Å². The molecular weight excluding hydrogens is 821 g/mol. The zero-order valence-corrected chi connectivity index (χ0v) is 46.9. The van der Waals surface area contributed by atoms with E-state index in [1.807, 2.05) is 6.07 Å². The van der Waals surface area contributed by atoms with E-state index in [4.69, 9.17) is 17.7 Å². The first kappa shape index (κ1) is 52.4. The van der Waals surface area contributed by atoms with Crippen LogP contribution in [0.1, 0.15) is 133 Å². The van der Waals surface area contributed by atoms with Crippen LogP contribution in [0, 0.1) is 0 Å². The van der Waals surface area contributed by atoms with Gasteiger partial charge >= 0.3 is 0 Å². The van der Waals surface area contributed by atoms with Crippen LogP contribution < -0.4 is 5.32 Å². The van der Waals surface area contributed by atoms with Gasteiger partial charge in [-0.15, -0.1) is 0 Å². The van der Waals surface area contributed by atoms with E-state index >= 15 is 0 Å². The Balaban J connectivity index is 1.61. The zero-order valence-electron chi connectivity index (χ0n) is 42.9. The van der Waals surface area contributed by atoms with Gasteiger partial charge in [0.1, 0.15) is 0 Å². The summed E-state index contributed by atoms with van der Waals surface area (Å²) in [5.74, 6) is 0.677. The molecule has 2 aliphatic rings. The first-order chi connectivity index (χ1) is 27.8. The Morgan fingerprint density at radius 2 is 1.20 bits per heavy atom. The monoisotopic (exact) mass is 913 g/mol. The maximum atomic E-state index is 7.75. The average Bonchev–Trinajstić information content (AvgIpc) is 3.96. The van der Waals surface area contributed by atoms with Crippen LogP contribution in [-0.4, -0.2) is 99.0 Å². The molecule has 8 nitrogen and oxygen atoms in total. The lowest BCUT2D eigenvalue weighted by atomic mass is 9.94. The summed E-state index contributed by atoms with van der Waals surface area (Å²) in [6, 6.07) is 11.0. The fourth-order valence-corrected chi connectivity index (χ4v) is 12.1. The number of likely N-dealkylation sites (tertiary alicyclic amines) is 1. The van der Waals surface area contributed by atoms with E-state index in [0.717, 1.165) is 43.7 Å². The quantitative estimate of drug-likeness (QED) is 0.110. The van der Waals surface area contributed by atoms with Crippen LogP contribution >= 0.6 is 0 Å². The third-order valence-electron chi connectivity index (χ3n) is 15.7. The molecule has 2 aromatic rings. The maximum absolute atomic E-state index is 7.75. The van der Waals surface area contributed by atoms with E-state index < -0.39 is 33.3 Å². The number of aromatic nitrogens is 2. The summed E-state index contributed by atoms with van der Waals surface area (Å²) in [5.41, 5.74) is 4.70. The Kier molecular flexibility index (Phi) is 16.9. The summed E-state index contributed by atoms with van der Waals surface area (Å²) in [4.78, 5) is 2.73. The van der Waals surface area contributed by atoms with E-state index in [9.17, 15) is 0 Å². The molecule has 0 spiro atoms. The fraction of sp³-hybridized carbons (Fsp3) is 0.796. The first-order valence-electron chi connectivity index (χ1n) is 23.8. The van der Waals surface area contributed by atoms with Crippen LogP contribution in [0.25, 0.3) is 11.3 Å². The van der Waals surface area contributed by atoms with Crippen molar-refractivity contribution in [1.29, 1.82) is 0 Å². The van der Waals surface area contributed by atoms with Crippen LogP contribution in [0.2, 0.25) is 72.5 Å². The Morgan fingerprint density at radius 3 is 1.72 bits per heavy atom. The summed E-state index contributed by atoms with van der Waals surface area (Å²) in [5, 5.41) is 12.6. The van der Waals surface area contributed by atoms with Crippen LogP contribution in [0.5, 0.6) is 0 Å². The molecule has 4 atom stereocenters. The number of benzene rings is 1. The third kappa shape index (κ3) is 13.9. The number of anilines is 1. The molecule has 1 N–H and O–H groups in total. The minimum absolute atomic E-state index is 0.0435. The molecule has 4 rings (SSSR count). The molecule has 1 aromatic carbocycles. The molecule has 1 saturated heterocycles. The molecule has 0 radical (unpaired) electrons. The molecule has 2 heterocycles. The van der Waals surface area contributed by atoms with E-state index in [0.29, 0.717) is 12.5 Å². The predicted molar refractivity (Wildman–Crippen MR) is 271 cm³/mol. The second-order valence-electron chi connectivity index (χ2n) is 24.8. The normalized spacial score (nSPS) is 21.8. The Morgan fingerprint density at radius 1 is 0.656 bits per heavy atom. The molecule has 0 bridgehead atoms. The van der Waals surface area contributed by atoms with Crippen molar-refractivity contribution in [2.24, 2.45) is 0 Å². The summed E-state index contributed by atoms with van der Waals surface area (Å²) in [7, 11) is -8.78. The van der Waals surface area contributed by atoms with Gasteiger partial charge in [0.15, 0.2) is 33.3 Å². The topological polar surface area (TPSA) is 78.0 Å². The molecule has 1 aliphatic carbocycles. The highest BCUT2D eigenvalue weighted by Crippen LogP contribution is 2.46. The van der Waals surface area contributed by atoms with Crippen molar-refractivity contribution in [3.8, 4) is 11.3 Å². The van der Waals surface area contributed by atoms with Gasteiger partial charge in [-0.3, -0.25) is 4.90 Å². The highest BCUT2D eigenvalue weighted by atomic mass is 28.4. The minimum atomic E-state index is -2.27. The van der Waals surface area contributed by atoms with E-state index in [-0.39, 0.29) is 44.5 Å². The van der Waals surface area contributed by atoms with Gasteiger partial charge in [-0.1, -0.05) is 95.9 Å². The van der Waals surface area contributed by atoms with Crippen molar-refractivity contribution >= 4 is 39.0 Å². The summed E-state index contributed by atoms with van der Waals surface area (Å²) in [6.07, 6.45) is 8.48. The lowest BCUT2D eigenvalue weighted by molar-refractivity contribution is -0.128. The average molecular weight is 914 g/mol. The molecule has 12 heteroatoms. The van der Waals surface area contributed by atoms with Crippen LogP contribution in [0.3, 0.4) is 0 Å². The second-order valence-corrected chi connectivity index (χ2v) is 43.9. The Bertz CT molecular complexity index is 1690. The number of unbranched alkanes of at least 4 members (excludes halogenated alkanes) is 3. The number of rotatable bonds is 19. The van der Waals surface area contributed by atoms with Crippen molar-refractivity contribution in [2.45, 2.75) is 224 Å². The molecule has 61 heavy (non-hydrogen) atoms. The summed E-state index contributed by atoms with van der Waals surface area (Å²) in [6.45, 7) is 51.0. The van der Waals surface area contributed by atoms with Gasteiger partial charge in [0.2, 0.25) is 0 Å². The van der Waals surface area contributed by atoms with Gasteiger partial charge in [-0.2, -0.15) is 10.2 Å². The Labute approximate surface area is 379 Å². The predicted octanol–water partition coefficient (Wildman–Crippen LogP) is 13.9. The van der Waals surface area contributed by atoms with Gasteiger partial charge in [0.25, 0.3) is 0 Å². The van der Waals surface area contributed by atoms with Crippen molar-refractivity contribution in [3.63, 3.8) is 0 Å². The van der Waals surface area contributed by atoms with Gasteiger partial charge in [0.05, 0.1) is 36.7 Å². The summed E-state index contributed by atoms with van der Waals surface area (Å²) >= 11 is 0. The maximum Gasteiger partial charge on any atom is 0.192 e. The molecule has 0 amide bonds. The standard InChI is InChI=1S/C49H92N4O4Si4/c1-46(2,3)58(13,14)54-36-42-44(56-60(17,18)48(7,8)9)45(57-61(19,20)49(10,11)12)43(55-59(15,16)47(4,5)6)35-53(42)31-24-22-21-23-29-50-40-33-38(37-27-28-37)32-39(34-40)41-26-25-30-51-52-41/h25-26,30,32-34,37,42-45,50H,21-24,27-29,31,35-36H2,1-20H3/t42-,43?,44?,45?/m1/s1. The molecule has 348 valence electrons. The SMILES string of the molecule is CC(C)(C)[Si](C)(C)OC[C@@H]1C(O[Si](C)(C)C(C)(C)C)C(O[Si](C)(C)C(C)(C)C)C(O[Si](C)(C)C(C)(C)C)CN1CCCCCCNc1cc(-c2cccnn2)cc(C2CC2)c1.